The van der Waals surface area contributed by atoms with Crippen molar-refractivity contribution in [2.24, 2.45) is 0 Å². The number of benzene rings is 2. The van der Waals surface area contributed by atoms with Crippen LogP contribution in [-0.4, -0.2) is 24.2 Å². The van der Waals surface area contributed by atoms with Crippen LogP contribution in [0.15, 0.2) is 54.6 Å². The van der Waals surface area contributed by atoms with E-state index in [4.69, 9.17) is 4.74 Å². The number of hydrogen-bond donors (Lipinski definition) is 2. The largest absolute Gasteiger partial charge is 0.484 e. The van der Waals surface area contributed by atoms with E-state index in [9.17, 15) is 9.90 Å². The molecule has 1 amide bonds. The van der Waals surface area contributed by atoms with E-state index in [0.29, 0.717) is 5.75 Å². The lowest BCUT2D eigenvalue weighted by atomic mass is 10.1. The summed E-state index contributed by atoms with van der Waals surface area (Å²) in [7, 11) is 0. The lowest BCUT2D eigenvalue weighted by Gasteiger charge is -2.12. The quantitative estimate of drug-likeness (QED) is 0.855. The average molecular weight is 285 g/mol. The van der Waals surface area contributed by atoms with Crippen molar-refractivity contribution in [2.45, 2.75) is 13.0 Å². The second-order valence-electron chi connectivity index (χ2n) is 4.83. The normalized spacial score (nSPS) is 11.7. The minimum atomic E-state index is -0.713. The van der Waals surface area contributed by atoms with Crippen LogP contribution in [0.4, 0.5) is 0 Å². The van der Waals surface area contributed by atoms with Crippen molar-refractivity contribution in [1.82, 2.24) is 5.32 Å². The lowest BCUT2D eigenvalue weighted by Crippen LogP contribution is -2.32. The highest BCUT2D eigenvalue weighted by atomic mass is 16.5. The zero-order valence-electron chi connectivity index (χ0n) is 12.0. The molecule has 0 fully saturated rings. The molecule has 0 saturated carbocycles. The molecular formula is C17H19NO3. The number of aliphatic hydroxyl groups is 1. The molecule has 0 saturated heterocycles. The van der Waals surface area contributed by atoms with E-state index in [1.54, 1.807) is 0 Å². The summed E-state index contributed by atoms with van der Waals surface area (Å²) >= 11 is 0. The predicted octanol–water partition coefficient (Wildman–Crippen LogP) is 2.22. The molecule has 4 nitrogen and oxygen atoms in total. The van der Waals surface area contributed by atoms with Gasteiger partial charge in [-0.3, -0.25) is 4.79 Å². The molecule has 0 heterocycles. The first-order valence-corrected chi connectivity index (χ1v) is 6.84. The molecule has 2 aromatic rings. The predicted molar refractivity (Wildman–Crippen MR) is 81.1 cm³/mol. The molecule has 0 radical (unpaired) electrons. The fourth-order valence-electron chi connectivity index (χ4n) is 1.84. The van der Waals surface area contributed by atoms with Gasteiger partial charge < -0.3 is 15.2 Å². The summed E-state index contributed by atoms with van der Waals surface area (Å²) in [4.78, 5) is 11.7. The molecule has 4 heteroatoms. The minimum Gasteiger partial charge on any atom is -0.484 e. The molecule has 2 N–H and O–H groups in total. The Kier molecular flexibility index (Phi) is 5.35. The van der Waals surface area contributed by atoms with Gasteiger partial charge in [-0.15, -0.1) is 0 Å². The van der Waals surface area contributed by atoms with Crippen LogP contribution in [0, 0.1) is 6.92 Å². The maximum absolute atomic E-state index is 11.7. The number of rotatable bonds is 6. The Balaban J connectivity index is 1.73. The zero-order chi connectivity index (χ0) is 15.1. The Labute approximate surface area is 124 Å². The number of carbonyl (C=O) groups excluding carboxylic acids is 1. The Morgan fingerprint density at radius 3 is 2.48 bits per heavy atom. The third-order valence-corrected chi connectivity index (χ3v) is 3.07. The second kappa shape index (κ2) is 7.45. The van der Waals surface area contributed by atoms with Crippen molar-refractivity contribution in [1.29, 1.82) is 0 Å². The molecule has 0 aromatic heterocycles. The molecule has 0 bridgehead atoms. The van der Waals surface area contributed by atoms with Crippen LogP contribution in [0.3, 0.4) is 0 Å². The summed E-state index contributed by atoms with van der Waals surface area (Å²) in [6, 6.07) is 16.7. The number of aliphatic hydroxyl groups excluding tert-OH is 1. The van der Waals surface area contributed by atoms with Crippen molar-refractivity contribution in [2.75, 3.05) is 13.2 Å². The van der Waals surface area contributed by atoms with Crippen molar-refractivity contribution in [3.63, 3.8) is 0 Å². The average Bonchev–Trinajstić information content (AvgIpc) is 2.53. The molecule has 0 spiro atoms. The van der Waals surface area contributed by atoms with Crippen LogP contribution in [0.5, 0.6) is 5.75 Å². The molecule has 0 aliphatic carbocycles. The highest BCUT2D eigenvalue weighted by molar-refractivity contribution is 5.77. The van der Waals surface area contributed by atoms with Gasteiger partial charge in [-0.05, 0) is 24.6 Å². The van der Waals surface area contributed by atoms with Gasteiger partial charge in [-0.1, -0.05) is 48.0 Å². The van der Waals surface area contributed by atoms with Crippen molar-refractivity contribution < 1.29 is 14.6 Å². The maximum atomic E-state index is 11.7. The van der Waals surface area contributed by atoms with Crippen molar-refractivity contribution >= 4 is 5.91 Å². The van der Waals surface area contributed by atoms with E-state index >= 15 is 0 Å². The van der Waals surface area contributed by atoms with E-state index in [1.807, 2.05) is 61.5 Å². The Morgan fingerprint density at radius 1 is 1.14 bits per heavy atom. The van der Waals surface area contributed by atoms with E-state index < -0.39 is 6.10 Å². The van der Waals surface area contributed by atoms with Gasteiger partial charge in [0, 0.05) is 6.54 Å². The number of ether oxygens (including phenoxy) is 1. The molecular weight excluding hydrogens is 266 g/mol. The molecule has 110 valence electrons. The van der Waals surface area contributed by atoms with Gasteiger partial charge in [-0.2, -0.15) is 0 Å². The third-order valence-electron chi connectivity index (χ3n) is 3.07. The molecule has 0 aliphatic heterocycles. The van der Waals surface area contributed by atoms with Gasteiger partial charge in [0.25, 0.3) is 5.91 Å². The topological polar surface area (TPSA) is 58.6 Å². The monoisotopic (exact) mass is 285 g/mol. The van der Waals surface area contributed by atoms with Crippen LogP contribution >= 0.6 is 0 Å². The highest BCUT2D eigenvalue weighted by Crippen LogP contribution is 2.12. The molecule has 2 rings (SSSR count). The van der Waals surface area contributed by atoms with Gasteiger partial charge in [-0.25, -0.2) is 0 Å². The summed E-state index contributed by atoms with van der Waals surface area (Å²) in [5.74, 6) is 0.393. The molecule has 1 atom stereocenters. The van der Waals surface area contributed by atoms with E-state index in [0.717, 1.165) is 11.1 Å². The van der Waals surface area contributed by atoms with Gasteiger partial charge in [0.2, 0.25) is 0 Å². The summed E-state index contributed by atoms with van der Waals surface area (Å²) < 4.78 is 5.37. The van der Waals surface area contributed by atoms with Crippen LogP contribution in [0.25, 0.3) is 0 Å². The first-order valence-electron chi connectivity index (χ1n) is 6.84. The summed E-state index contributed by atoms with van der Waals surface area (Å²) in [5, 5.41) is 12.6. The van der Waals surface area contributed by atoms with Crippen molar-refractivity contribution in [3.05, 3.63) is 65.7 Å². The minimum absolute atomic E-state index is 0.0649. The first kappa shape index (κ1) is 15.1. The van der Waals surface area contributed by atoms with Gasteiger partial charge in [0.1, 0.15) is 5.75 Å². The smallest absolute Gasteiger partial charge is 0.258 e. The van der Waals surface area contributed by atoms with Gasteiger partial charge in [0.05, 0.1) is 6.10 Å². The fraction of sp³-hybridized carbons (Fsp3) is 0.235. The second-order valence-corrected chi connectivity index (χ2v) is 4.83. The number of amides is 1. The third kappa shape index (κ3) is 4.93. The highest BCUT2D eigenvalue weighted by Gasteiger charge is 2.09. The van der Waals surface area contributed by atoms with E-state index in [-0.39, 0.29) is 19.1 Å². The SMILES string of the molecule is Cc1ccc(OCC(=O)NCC(O)c2ccccc2)cc1. The van der Waals surface area contributed by atoms with Gasteiger partial charge in [0.15, 0.2) is 6.61 Å². The van der Waals surface area contributed by atoms with Crippen molar-refractivity contribution in [3.8, 4) is 5.75 Å². The number of aryl methyl sites for hydroxylation is 1. The maximum Gasteiger partial charge on any atom is 0.258 e. The molecule has 2 aromatic carbocycles. The summed E-state index contributed by atoms with van der Waals surface area (Å²) in [5.41, 5.74) is 1.91. The Hall–Kier alpha value is -2.33. The fourth-order valence-corrected chi connectivity index (χ4v) is 1.84. The molecule has 21 heavy (non-hydrogen) atoms. The van der Waals surface area contributed by atoms with E-state index in [1.165, 1.54) is 0 Å². The lowest BCUT2D eigenvalue weighted by molar-refractivity contribution is -0.123. The van der Waals surface area contributed by atoms with E-state index in [2.05, 4.69) is 5.32 Å². The Bertz CT molecular complexity index is 566. The molecule has 0 aliphatic rings. The standard InChI is InChI=1S/C17H19NO3/c1-13-7-9-15(10-8-13)21-12-17(20)18-11-16(19)14-5-3-2-4-6-14/h2-10,16,19H,11-12H2,1H3,(H,18,20). The first-order chi connectivity index (χ1) is 10.1. The number of carbonyl (C=O) groups is 1. The van der Waals surface area contributed by atoms with Crippen LogP contribution in [0.2, 0.25) is 0 Å². The zero-order valence-corrected chi connectivity index (χ0v) is 12.0. The van der Waals surface area contributed by atoms with Crippen LogP contribution in [0.1, 0.15) is 17.2 Å². The Morgan fingerprint density at radius 2 is 1.81 bits per heavy atom. The number of hydrogen-bond acceptors (Lipinski definition) is 3. The summed E-state index contributed by atoms with van der Waals surface area (Å²) in [6.07, 6.45) is -0.713. The number of nitrogens with one attached hydrogen (secondary N) is 1. The molecule has 1 unspecified atom stereocenters. The van der Waals surface area contributed by atoms with Crippen LogP contribution in [-0.2, 0) is 4.79 Å². The van der Waals surface area contributed by atoms with Gasteiger partial charge >= 0.3 is 0 Å². The summed E-state index contributed by atoms with van der Waals surface area (Å²) in [6.45, 7) is 2.09. The van der Waals surface area contributed by atoms with Crippen LogP contribution < -0.4 is 10.1 Å².